The number of aryl methyl sites for hydroxylation is 3. The molecule has 1 aromatic heterocycles. The van der Waals surface area contributed by atoms with Gasteiger partial charge in [-0.05, 0) is 68.3 Å². The summed E-state index contributed by atoms with van der Waals surface area (Å²) < 4.78 is 2.11. The number of carbonyl (C=O) groups is 1. The van der Waals surface area contributed by atoms with Crippen LogP contribution >= 0.6 is 11.8 Å². The predicted molar refractivity (Wildman–Crippen MR) is 121 cm³/mol. The molecule has 0 saturated heterocycles. The molecule has 0 unspecified atom stereocenters. The van der Waals surface area contributed by atoms with Gasteiger partial charge in [0, 0.05) is 11.4 Å². The van der Waals surface area contributed by atoms with Crippen molar-refractivity contribution in [3.05, 3.63) is 83.4 Å². The Morgan fingerprint density at radius 1 is 0.931 bits per heavy atom. The molecular weight excluding hydrogens is 378 g/mol. The average molecular weight is 402 g/mol. The summed E-state index contributed by atoms with van der Waals surface area (Å²) in [5.74, 6) is 0.254. The van der Waals surface area contributed by atoms with E-state index in [4.69, 9.17) is 4.98 Å². The molecule has 4 rings (SSSR count). The Morgan fingerprint density at radius 3 is 2.34 bits per heavy atom. The molecule has 4 nitrogen and oxygen atoms in total. The van der Waals surface area contributed by atoms with Gasteiger partial charge in [0.1, 0.15) is 0 Å². The number of rotatable bonds is 5. The van der Waals surface area contributed by atoms with Crippen LogP contribution in [0.2, 0.25) is 0 Å². The van der Waals surface area contributed by atoms with Crippen LogP contribution in [-0.4, -0.2) is 21.2 Å². The third-order valence-electron chi connectivity index (χ3n) is 4.66. The molecule has 0 aliphatic carbocycles. The Labute approximate surface area is 175 Å². The van der Waals surface area contributed by atoms with Gasteiger partial charge in [-0.25, -0.2) is 4.98 Å². The van der Waals surface area contributed by atoms with Gasteiger partial charge in [0.25, 0.3) is 0 Å². The van der Waals surface area contributed by atoms with Crippen LogP contribution in [0.4, 0.5) is 5.69 Å². The standard InChI is InChI=1S/C24H23N3OS/c1-16-8-10-20(11-9-16)27-22-7-5-4-6-21(22)26-24(27)29-15-23(28)25-19-13-17(2)12-18(3)14-19/h4-14H,15H2,1-3H3,(H,25,28). The van der Waals surface area contributed by atoms with E-state index in [1.54, 1.807) is 0 Å². The first-order valence-electron chi connectivity index (χ1n) is 9.55. The van der Waals surface area contributed by atoms with Gasteiger partial charge in [0.15, 0.2) is 5.16 Å². The van der Waals surface area contributed by atoms with Gasteiger partial charge in [-0.1, -0.05) is 47.7 Å². The van der Waals surface area contributed by atoms with Crippen LogP contribution in [0.1, 0.15) is 16.7 Å². The lowest BCUT2D eigenvalue weighted by molar-refractivity contribution is -0.113. The smallest absolute Gasteiger partial charge is 0.234 e. The van der Waals surface area contributed by atoms with E-state index in [1.165, 1.54) is 17.3 Å². The highest BCUT2D eigenvalue weighted by Crippen LogP contribution is 2.28. The van der Waals surface area contributed by atoms with Crippen molar-refractivity contribution < 1.29 is 4.79 Å². The summed E-state index contributed by atoms with van der Waals surface area (Å²) in [6.07, 6.45) is 0. The van der Waals surface area contributed by atoms with E-state index in [2.05, 4.69) is 53.2 Å². The van der Waals surface area contributed by atoms with Gasteiger partial charge in [-0.2, -0.15) is 0 Å². The van der Waals surface area contributed by atoms with Crippen LogP contribution in [0.3, 0.4) is 0 Å². The number of nitrogens with zero attached hydrogens (tertiary/aromatic N) is 2. The Bertz CT molecular complexity index is 1160. The molecule has 1 N–H and O–H groups in total. The van der Waals surface area contributed by atoms with Crippen molar-refractivity contribution in [1.29, 1.82) is 0 Å². The summed E-state index contributed by atoms with van der Waals surface area (Å²) in [7, 11) is 0. The second-order valence-electron chi connectivity index (χ2n) is 7.27. The number of fused-ring (bicyclic) bond motifs is 1. The predicted octanol–water partition coefficient (Wildman–Crippen LogP) is 5.68. The number of nitrogens with one attached hydrogen (secondary N) is 1. The fourth-order valence-corrected chi connectivity index (χ4v) is 4.25. The maximum atomic E-state index is 12.5. The number of thioether (sulfide) groups is 1. The molecule has 0 aliphatic rings. The first-order chi connectivity index (χ1) is 14.0. The van der Waals surface area contributed by atoms with Crippen molar-refractivity contribution in [2.24, 2.45) is 0 Å². The summed E-state index contributed by atoms with van der Waals surface area (Å²) in [6.45, 7) is 6.13. The highest BCUT2D eigenvalue weighted by molar-refractivity contribution is 7.99. The SMILES string of the molecule is Cc1ccc(-n2c(SCC(=O)Nc3cc(C)cc(C)c3)nc3ccccc32)cc1. The highest BCUT2D eigenvalue weighted by Gasteiger charge is 2.14. The maximum Gasteiger partial charge on any atom is 0.234 e. The van der Waals surface area contributed by atoms with Crippen LogP contribution in [-0.2, 0) is 4.79 Å². The van der Waals surface area contributed by atoms with Crippen molar-refractivity contribution in [3.8, 4) is 5.69 Å². The summed E-state index contributed by atoms with van der Waals surface area (Å²) in [5, 5.41) is 3.81. The molecule has 0 atom stereocenters. The quantitative estimate of drug-likeness (QED) is 0.438. The lowest BCUT2D eigenvalue weighted by atomic mass is 10.1. The van der Waals surface area contributed by atoms with Gasteiger partial charge in [-0.3, -0.25) is 9.36 Å². The normalized spacial score (nSPS) is 11.0. The second-order valence-corrected chi connectivity index (χ2v) is 8.21. The first kappa shape index (κ1) is 19.3. The molecule has 1 amide bonds. The molecule has 146 valence electrons. The molecular formula is C24H23N3OS. The third kappa shape index (κ3) is 4.35. The molecule has 0 saturated carbocycles. The topological polar surface area (TPSA) is 46.9 Å². The zero-order chi connectivity index (χ0) is 20.4. The Kier molecular flexibility index (Phi) is 5.41. The van der Waals surface area contributed by atoms with Crippen LogP contribution < -0.4 is 5.32 Å². The van der Waals surface area contributed by atoms with Gasteiger partial charge in [0.05, 0.1) is 16.8 Å². The van der Waals surface area contributed by atoms with E-state index in [0.29, 0.717) is 5.75 Å². The minimum Gasteiger partial charge on any atom is -0.325 e. The molecule has 1 heterocycles. The van der Waals surface area contributed by atoms with Gasteiger partial charge >= 0.3 is 0 Å². The third-order valence-corrected chi connectivity index (χ3v) is 5.60. The maximum absolute atomic E-state index is 12.5. The molecule has 0 radical (unpaired) electrons. The van der Waals surface area contributed by atoms with Crippen LogP contribution in [0.25, 0.3) is 16.7 Å². The number of amides is 1. The monoisotopic (exact) mass is 401 g/mol. The fourth-order valence-electron chi connectivity index (χ4n) is 3.42. The van der Waals surface area contributed by atoms with Crippen molar-refractivity contribution in [2.75, 3.05) is 11.1 Å². The fraction of sp³-hybridized carbons (Fsp3) is 0.167. The number of aromatic nitrogens is 2. The average Bonchev–Trinajstić information content (AvgIpc) is 3.05. The minimum atomic E-state index is -0.0393. The Morgan fingerprint density at radius 2 is 1.62 bits per heavy atom. The number of anilines is 1. The van der Waals surface area contributed by atoms with E-state index in [9.17, 15) is 4.79 Å². The number of para-hydroxylation sites is 2. The number of benzene rings is 3. The van der Waals surface area contributed by atoms with Gasteiger partial charge in [0.2, 0.25) is 5.91 Å². The first-order valence-corrected chi connectivity index (χ1v) is 10.5. The molecule has 0 aliphatic heterocycles. The molecule has 0 bridgehead atoms. The van der Waals surface area contributed by atoms with Crippen molar-refractivity contribution in [2.45, 2.75) is 25.9 Å². The van der Waals surface area contributed by atoms with Crippen molar-refractivity contribution in [1.82, 2.24) is 9.55 Å². The highest BCUT2D eigenvalue weighted by atomic mass is 32.2. The Balaban J connectivity index is 1.58. The van der Waals surface area contributed by atoms with Crippen molar-refractivity contribution >= 4 is 34.4 Å². The summed E-state index contributed by atoms with van der Waals surface area (Å²) in [5.41, 5.74) is 7.31. The van der Waals surface area contributed by atoms with Crippen molar-refractivity contribution in [3.63, 3.8) is 0 Å². The van der Waals surface area contributed by atoms with Crippen LogP contribution in [0.15, 0.2) is 71.9 Å². The van der Waals surface area contributed by atoms with E-state index in [-0.39, 0.29) is 5.91 Å². The zero-order valence-electron chi connectivity index (χ0n) is 16.8. The summed E-state index contributed by atoms with van der Waals surface area (Å²) in [6, 6.07) is 22.5. The van der Waals surface area contributed by atoms with E-state index >= 15 is 0 Å². The largest absolute Gasteiger partial charge is 0.325 e. The van der Waals surface area contributed by atoms with Crippen LogP contribution in [0, 0.1) is 20.8 Å². The summed E-state index contributed by atoms with van der Waals surface area (Å²) >= 11 is 1.45. The molecule has 5 heteroatoms. The second kappa shape index (κ2) is 8.13. The van der Waals surface area contributed by atoms with E-state index in [0.717, 1.165) is 38.7 Å². The van der Waals surface area contributed by atoms with E-state index < -0.39 is 0 Å². The lowest BCUT2D eigenvalue weighted by Gasteiger charge is -2.10. The van der Waals surface area contributed by atoms with Gasteiger partial charge in [-0.15, -0.1) is 0 Å². The molecule has 0 fully saturated rings. The number of hydrogen-bond acceptors (Lipinski definition) is 3. The molecule has 29 heavy (non-hydrogen) atoms. The van der Waals surface area contributed by atoms with Gasteiger partial charge < -0.3 is 5.32 Å². The Hall–Kier alpha value is -3.05. The van der Waals surface area contributed by atoms with Crippen LogP contribution in [0.5, 0.6) is 0 Å². The minimum absolute atomic E-state index is 0.0393. The number of carbonyl (C=O) groups excluding carboxylic acids is 1. The zero-order valence-corrected chi connectivity index (χ0v) is 17.6. The lowest BCUT2D eigenvalue weighted by Crippen LogP contribution is -2.14. The van der Waals surface area contributed by atoms with E-state index in [1.807, 2.05) is 44.2 Å². The molecule has 4 aromatic rings. The number of imidazole rings is 1. The number of hydrogen-bond donors (Lipinski definition) is 1. The summed E-state index contributed by atoms with van der Waals surface area (Å²) in [4.78, 5) is 17.3. The molecule has 3 aromatic carbocycles. The molecule has 0 spiro atoms.